The summed E-state index contributed by atoms with van der Waals surface area (Å²) in [5, 5.41) is 13.1. The average molecular weight is 370 g/mol. The van der Waals surface area contributed by atoms with Crippen LogP contribution in [0.15, 0.2) is 60.7 Å². The Balaban J connectivity index is 1.42. The molecule has 0 aliphatic rings. The first-order valence-electron chi connectivity index (χ1n) is 8.13. The summed E-state index contributed by atoms with van der Waals surface area (Å²) in [4.78, 5) is 11.7. The Hall–Kier alpha value is -3.55. The van der Waals surface area contributed by atoms with Gasteiger partial charge in [0.05, 0.1) is 12.2 Å². The Kier molecular flexibility index (Phi) is 5.88. The predicted octanol–water partition coefficient (Wildman–Crippen LogP) is 3.62. The molecule has 0 radical (unpaired) electrons. The first-order chi connectivity index (χ1) is 13.1. The predicted molar refractivity (Wildman–Crippen MR) is 96.3 cm³/mol. The summed E-state index contributed by atoms with van der Waals surface area (Å²) >= 11 is 0. The molecule has 0 saturated carbocycles. The van der Waals surface area contributed by atoms with Crippen molar-refractivity contribution in [3.05, 3.63) is 72.3 Å². The molecule has 0 aliphatic carbocycles. The lowest BCUT2D eigenvalue weighted by Gasteiger charge is -2.08. The maximum absolute atomic E-state index is 13.0. The van der Waals surface area contributed by atoms with Gasteiger partial charge in [-0.05, 0) is 48.5 Å². The van der Waals surface area contributed by atoms with Gasteiger partial charge in [0, 0.05) is 17.3 Å². The number of hydrogen-bond acceptors (Lipinski definition) is 4. The van der Waals surface area contributed by atoms with Gasteiger partial charge in [0.25, 0.3) is 0 Å². The summed E-state index contributed by atoms with van der Waals surface area (Å²) in [7, 11) is 0. The molecule has 1 aromatic heterocycles. The number of carbonyl (C=O) groups is 1. The maximum Gasteiger partial charge on any atom is 0.319 e. The van der Waals surface area contributed by atoms with E-state index in [2.05, 4.69) is 20.8 Å². The van der Waals surface area contributed by atoms with E-state index >= 15 is 0 Å². The fraction of sp³-hybridized carbons (Fsp3) is 0.105. The van der Waals surface area contributed by atoms with Gasteiger partial charge < -0.3 is 15.4 Å². The van der Waals surface area contributed by atoms with Crippen LogP contribution in [0.2, 0.25) is 0 Å². The summed E-state index contributed by atoms with van der Waals surface area (Å²) in [6.07, 6.45) is 0. The molecule has 0 atom stereocenters. The van der Waals surface area contributed by atoms with Crippen LogP contribution in [-0.4, -0.2) is 29.4 Å². The number of benzene rings is 2. The largest absolute Gasteiger partial charge is 0.475 e. The average Bonchev–Trinajstić information content (AvgIpc) is 2.66. The van der Waals surface area contributed by atoms with Gasteiger partial charge in [-0.1, -0.05) is 6.07 Å². The van der Waals surface area contributed by atoms with Gasteiger partial charge in [-0.25, -0.2) is 13.6 Å². The lowest BCUT2D eigenvalue weighted by Crippen LogP contribution is -2.32. The zero-order valence-electron chi connectivity index (χ0n) is 14.2. The maximum atomic E-state index is 13.0. The van der Waals surface area contributed by atoms with Crippen molar-refractivity contribution in [1.29, 1.82) is 0 Å². The molecule has 3 rings (SSSR count). The SMILES string of the molecule is O=C(NCCOc1ccc(-c2ccc(F)cc2)nn1)Nc1cccc(F)c1. The van der Waals surface area contributed by atoms with E-state index in [0.717, 1.165) is 5.56 Å². The Morgan fingerprint density at radius 3 is 2.48 bits per heavy atom. The number of aromatic nitrogens is 2. The second kappa shape index (κ2) is 8.70. The van der Waals surface area contributed by atoms with Gasteiger partial charge in [-0.3, -0.25) is 0 Å². The molecule has 0 unspecified atom stereocenters. The number of nitrogens with one attached hydrogen (secondary N) is 2. The van der Waals surface area contributed by atoms with Crippen LogP contribution in [0.3, 0.4) is 0 Å². The molecular weight excluding hydrogens is 354 g/mol. The van der Waals surface area contributed by atoms with Crippen molar-refractivity contribution in [2.24, 2.45) is 0 Å². The number of anilines is 1. The lowest BCUT2D eigenvalue weighted by atomic mass is 10.1. The smallest absolute Gasteiger partial charge is 0.319 e. The van der Waals surface area contributed by atoms with E-state index in [1.807, 2.05) is 0 Å². The minimum absolute atomic E-state index is 0.182. The number of amides is 2. The molecule has 0 aliphatic heterocycles. The first-order valence-corrected chi connectivity index (χ1v) is 8.13. The van der Waals surface area contributed by atoms with Gasteiger partial charge in [-0.15, -0.1) is 10.2 Å². The number of urea groups is 1. The van der Waals surface area contributed by atoms with Crippen LogP contribution in [0.4, 0.5) is 19.3 Å². The molecule has 3 aromatic rings. The molecule has 2 N–H and O–H groups in total. The van der Waals surface area contributed by atoms with Crippen molar-refractivity contribution in [3.8, 4) is 17.1 Å². The molecule has 8 heteroatoms. The second-order valence-electron chi connectivity index (χ2n) is 5.50. The number of carbonyl (C=O) groups excluding carboxylic acids is 1. The van der Waals surface area contributed by atoms with Gasteiger partial charge in [-0.2, -0.15) is 0 Å². The molecule has 2 amide bonds. The van der Waals surface area contributed by atoms with E-state index in [-0.39, 0.29) is 19.0 Å². The summed E-state index contributed by atoms with van der Waals surface area (Å²) in [5.74, 6) is -0.451. The fourth-order valence-corrected chi connectivity index (χ4v) is 2.23. The van der Waals surface area contributed by atoms with Crippen LogP contribution in [0, 0.1) is 11.6 Å². The van der Waals surface area contributed by atoms with Crippen LogP contribution in [-0.2, 0) is 0 Å². The van der Waals surface area contributed by atoms with E-state index in [1.54, 1.807) is 30.3 Å². The number of rotatable bonds is 6. The number of halogens is 2. The summed E-state index contributed by atoms with van der Waals surface area (Å²) in [6.45, 7) is 0.406. The molecule has 138 valence electrons. The van der Waals surface area contributed by atoms with Crippen LogP contribution >= 0.6 is 0 Å². The third-order valence-corrected chi connectivity index (χ3v) is 3.50. The van der Waals surface area contributed by atoms with Crippen molar-refractivity contribution in [1.82, 2.24) is 15.5 Å². The van der Waals surface area contributed by atoms with Crippen molar-refractivity contribution >= 4 is 11.7 Å². The highest BCUT2D eigenvalue weighted by Crippen LogP contribution is 2.18. The lowest BCUT2D eigenvalue weighted by molar-refractivity contribution is 0.246. The van der Waals surface area contributed by atoms with E-state index in [0.29, 0.717) is 17.3 Å². The van der Waals surface area contributed by atoms with Crippen molar-refractivity contribution in [2.75, 3.05) is 18.5 Å². The van der Waals surface area contributed by atoms with Gasteiger partial charge in [0.1, 0.15) is 18.2 Å². The number of nitrogens with zero attached hydrogens (tertiary/aromatic N) is 2. The fourth-order valence-electron chi connectivity index (χ4n) is 2.23. The topological polar surface area (TPSA) is 76.1 Å². The molecule has 0 spiro atoms. The van der Waals surface area contributed by atoms with E-state index < -0.39 is 11.8 Å². The molecule has 27 heavy (non-hydrogen) atoms. The second-order valence-corrected chi connectivity index (χ2v) is 5.50. The molecule has 6 nitrogen and oxygen atoms in total. The molecule has 0 bridgehead atoms. The van der Waals surface area contributed by atoms with Gasteiger partial charge in [0.15, 0.2) is 0 Å². The quantitative estimate of drug-likeness (QED) is 0.650. The molecule has 0 fully saturated rings. The summed E-state index contributed by atoms with van der Waals surface area (Å²) in [6, 6.07) is 14.4. The molecular formula is C19H16F2N4O2. The Morgan fingerprint density at radius 2 is 1.78 bits per heavy atom. The van der Waals surface area contributed by atoms with E-state index in [1.165, 1.54) is 30.3 Å². The zero-order valence-corrected chi connectivity index (χ0v) is 14.2. The van der Waals surface area contributed by atoms with Gasteiger partial charge >= 0.3 is 6.03 Å². The van der Waals surface area contributed by atoms with Crippen molar-refractivity contribution in [3.63, 3.8) is 0 Å². The zero-order chi connectivity index (χ0) is 19.1. The highest BCUT2D eigenvalue weighted by Gasteiger charge is 2.04. The first kappa shape index (κ1) is 18.2. The van der Waals surface area contributed by atoms with Crippen LogP contribution in [0.1, 0.15) is 0 Å². The van der Waals surface area contributed by atoms with E-state index in [4.69, 9.17) is 4.74 Å². The minimum Gasteiger partial charge on any atom is -0.475 e. The Morgan fingerprint density at radius 1 is 0.963 bits per heavy atom. The summed E-state index contributed by atoms with van der Waals surface area (Å²) in [5.41, 5.74) is 1.69. The summed E-state index contributed by atoms with van der Waals surface area (Å²) < 4.78 is 31.4. The minimum atomic E-state index is -0.470. The highest BCUT2D eigenvalue weighted by molar-refractivity contribution is 5.89. The molecule has 0 saturated heterocycles. The number of hydrogen-bond donors (Lipinski definition) is 2. The van der Waals surface area contributed by atoms with Crippen molar-refractivity contribution < 1.29 is 18.3 Å². The number of ether oxygens (including phenoxy) is 1. The Bertz CT molecular complexity index is 902. The monoisotopic (exact) mass is 370 g/mol. The third-order valence-electron chi connectivity index (χ3n) is 3.50. The Labute approximate surface area is 154 Å². The standard InChI is InChI=1S/C19H16F2N4O2/c20-14-6-4-13(5-7-14)17-8-9-18(25-24-17)27-11-10-22-19(26)23-16-3-1-2-15(21)12-16/h1-9,12H,10-11H2,(H2,22,23,26). The van der Waals surface area contributed by atoms with Crippen molar-refractivity contribution in [2.45, 2.75) is 0 Å². The van der Waals surface area contributed by atoms with Gasteiger partial charge in [0.2, 0.25) is 5.88 Å². The van der Waals surface area contributed by atoms with Crippen LogP contribution in [0.25, 0.3) is 11.3 Å². The van der Waals surface area contributed by atoms with Crippen LogP contribution < -0.4 is 15.4 Å². The third kappa shape index (κ3) is 5.46. The highest BCUT2D eigenvalue weighted by atomic mass is 19.1. The van der Waals surface area contributed by atoms with Crippen LogP contribution in [0.5, 0.6) is 5.88 Å². The molecule has 1 heterocycles. The van der Waals surface area contributed by atoms with E-state index in [9.17, 15) is 13.6 Å². The molecule has 2 aromatic carbocycles. The normalized spacial score (nSPS) is 10.3.